The van der Waals surface area contributed by atoms with E-state index in [1.807, 2.05) is 36.4 Å². The molecule has 3 heterocycles. The Morgan fingerprint density at radius 1 is 0.561 bits per heavy atom. The molecule has 20 heteroatoms. The van der Waals surface area contributed by atoms with E-state index in [1.54, 1.807) is 6.92 Å². The van der Waals surface area contributed by atoms with Crippen molar-refractivity contribution in [3.8, 4) is 11.1 Å². The summed E-state index contributed by atoms with van der Waals surface area (Å²) in [6.45, 7) is 2.00. The second-order valence-corrected chi connectivity index (χ2v) is 16.7. The minimum atomic E-state index is -1.12. The number of nitrogens with one attached hydrogen (secondary N) is 2. The molecule has 368 valence electrons. The molecule has 19 nitrogen and oxygen atoms in total. The molecule has 0 radical (unpaired) electrons. The van der Waals surface area contributed by atoms with Crippen molar-refractivity contribution in [1.82, 2.24) is 10.6 Å². The monoisotopic (exact) mass is 950 g/mol. The van der Waals surface area contributed by atoms with Crippen molar-refractivity contribution in [1.29, 1.82) is 0 Å². The summed E-state index contributed by atoms with van der Waals surface area (Å²) in [5.41, 5.74) is 4.44. The molecule has 0 saturated carbocycles. The zero-order valence-corrected chi connectivity index (χ0v) is 39.9. The number of methoxy groups -OCH3 is 8. The van der Waals surface area contributed by atoms with Gasteiger partial charge in [-0.3, -0.25) is 14.4 Å². The Balaban J connectivity index is 1.11. The summed E-state index contributed by atoms with van der Waals surface area (Å²) in [5.74, 6) is -1.39. The highest BCUT2D eigenvalue weighted by molar-refractivity contribution is 7.81. The zero-order chi connectivity index (χ0) is 47.5. The molecule has 0 aromatic heterocycles. The minimum Gasteiger partial charge on any atom is -0.465 e. The van der Waals surface area contributed by atoms with E-state index in [9.17, 15) is 14.4 Å². The maximum atomic E-state index is 13.4. The standard InChI is InChI=1S/C46H66N2O17S/c1-24-35(47-33(50)23-66)38(54-4)42(58-8)45(61-24)64-37-31(22-53-3)63-46(43(59-9)40(37)56-6)65-36-30(21-52-2)62-44(41(57-7)39(36)55-5)48-32(49)18-19-34(51)60-20-29-27-16-12-10-14-25(27)26-15-11-13-17-28(26)29/h10-17,24,29-31,35-46,66H,18-23H2,1-9H3,(H,47,50)(H,48,49)/t24?,30?,31?,35-,36-,37-,38-,39-,40-,41?,42?,43?,44?,45-,46-/m0/s1. The molecule has 2 aromatic rings. The number of thiol groups is 1. The maximum Gasteiger partial charge on any atom is 0.306 e. The number of amides is 2. The lowest BCUT2D eigenvalue weighted by atomic mass is 9.94. The van der Waals surface area contributed by atoms with E-state index < -0.39 is 104 Å². The van der Waals surface area contributed by atoms with Gasteiger partial charge in [0.2, 0.25) is 11.8 Å². The van der Waals surface area contributed by atoms with Crippen LogP contribution in [0.3, 0.4) is 0 Å². The van der Waals surface area contributed by atoms with Gasteiger partial charge in [0.05, 0.1) is 37.5 Å². The van der Waals surface area contributed by atoms with Crippen molar-refractivity contribution in [3.05, 3.63) is 59.7 Å². The van der Waals surface area contributed by atoms with Gasteiger partial charge in [0.15, 0.2) is 18.8 Å². The third kappa shape index (κ3) is 11.6. The Morgan fingerprint density at radius 3 is 1.59 bits per heavy atom. The van der Waals surface area contributed by atoms with E-state index in [-0.39, 0.29) is 50.2 Å². The van der Waals surface area contributed by atoms with Crippen LogP contribution in [0.15, 0.2) is 48.5 Å². The van der Waals surface area contributed by atoms with Crippen LogP contribution in [0.2, 0.25) is 0 Å². The van der Waals surface area contributed by atoms with Crippen molar-refractivity contribution in [2.24, 2.45) is 0 Å². The molecule has 15 atom stereocenters. The average molecular weight is 951 g/mol. The molecule has 66 heavy (non-hydrogen) atoms. The first-order chi connectivity index (χ1) is 32.0. The van der Waals surface area contributed by atoms with Gasteiger partial charge in [0.1, 0.15) is 67.6 Å². The Morgan fingerprint density at radius 2 is 1.06 bits per heavy atom. The fourth-order valence-corrected chi connectivity index (χ4v) is 9.59. The fourth-order valence-electron chi connectivity index (χ4n) is 9.50. The van der Waals surface area contributed by atoms with Gasteiger partial charge >= 0.3 is 5.97 Å². The predicted octanol–water partition coefficient (Wildman–Crippen LogP) is 2.00. The Labute approximate surface area is 391 Å². The van der Waals surface area contributed by atoms with Crippen molar-refractivity contribution < 1.29 is 80.7 Å². The topological polar surface area (TPSA) is 204 Å². The highest BCUT2D eigenvalue weighted by atomic mass is 32.1. The summed E-state index contributed by atoms with van der Waals surface area (Å²) in [6, 6.07) is 15.6. The SMILES string of the molecule is COCC1OC(NC(=O)CCC(=O)OCC2c3ccccc3-c3ccccc32)C(OC)[C@@H](OC)[C@H]1O[C@@H]1OC(COC)[C@H](O[C@@H]2OC(C)[C@H](NC(=O)CS)[C@H](OC)C2OC)[C@H](OC)C1OC. The average Bonchev–Trinajstić information content (AvgIpc) is 3.65. The maximum absolute atomic E-state index is 13.4. The van der Waals surface area contributed by atoms with Crippen LogP contribution in [0.5, 0.6) is 0 Å². The van der Waals surface area contributed by atoms with Gasteiger partial charge in [-0.2, -0.15) is 12.6 Å². The van der Waals surface area contributed by atoms with Crippen LogP contribution in [0.1, 0.15) is 36.8 Å². The van der Waals surface area contributed by atoms with Crippen molar-refractivity contribution in [2.75, 3.05) is 82.5 Å². The molecule has 0 bridgehead atoms. The number of rotatable bonds is 22. The van der Waals surface area contributed by atoms with Crippen LogP contribution in [0.25, 0.3) is 11.1 Å². The Hall–Kier alpha value is -3.32. The van der Waals surface area contributed by atoms with Crippen LogP contribution in [-0.2, 0) is 80.7 Å². The van der Waals surface area contributed by atoms with Gasteiger partial charge in [-0.25, -0.2) is 0 Å². The fraction of sp³-hybridized carbons (Fsp3) is 0.674. The smallest absolute Gasteiger partial charge is 0.306 e. The highest BCUT2D eigenvalue weighted by Crippen LogP contribution is 2.44. The largest absolute Gasteiger partial charge is 0.465 e. The third-order valence-corrected chi connectivity index (χ3v) is 12.9. The number of ether oxygens (including phenoxy) is 14. The Kier molecular flexibility index (Phi) is 19.6. The summed E-state index contributed by atoms with van der Waals surface area (Å²) in [7, 11) is 12.0. The number of hydrogen-bond donors (Lipinski definition) is 3. The van der Waals surface area contributed by atoms with Gasteiger partial charge in [0.25, 0.3) is 0 Å². The minimum absolute atomic E-state index is 0.0180. The van der Waals surface area contributed by atoms with E-state index in [0.29, 0.717) is 0 Å². The zero-order valence-electron chi connectivity index (χ0n) is 39.0. The van der Waals surface area contributed by atoms with Crippen LogP contribution in [-0.4, -0.2) is 192 Å². The highest BCUT2D eigenvalue weighted by Gasteiger charge is 2.56. The molecule has 7 unspecified atom stereocenters. The number of benzene rings is 2. The summed E-state index contributed by atoms with van der Waals surface area (Å²) < 4.78 is 85.4. The van der Waals surface area contributed by atoms with E-state index in [4.69, 9.17) is 66.3 Å². The lowest BCUT2D eigenvalue weighted by Crippen LogP contribution is -2.69. The molecule has 0 spiro atoms. The Bertz CT molecular complexity index is 1830. The number of fused-ring (bicyclic) bond motifs is 3. The molecule has 2 aromatic carbocycles. The van der Waals surface area contributed by atoms with Crippen molar-refractivity contribution in [2.45, 2.75) is 118 Å². The van der Waals surface area contributed by atoms with E-state index in [0.717, 1.165) is 22.3 Å². The quantitative estimate of drug-likeness (QED) is 0.114. The number of carbonyl (C=O) groups is 3. The summed E-state index contributed by atoms with van der Waals surface area (Å²) in [5, 5.41) is 5.77. The van der Waals surface area contributed by atoms with Crippen LogP contribution in [0, 0.1) is 0 Å². The molecule has 2 N–H and O–H groups in total. The molecule has 3 saturated heterocycles. The van der Waals surface area contributed by atoms with Crippen LogP contribution >= 0.6 is 12.6 Å². The predicted molar refractivity (Wildman–Crippen MR) is 238 cm³/mol. The van der Waals surface area contributed by atoms with E-state index in [1.165, 1.54) is 56.9 Å². The second-order valence-electron chi connectivity index (χ2n) is 16.4. The summed E-state index contributed by atoms with van der Waals surface area (Å²) >= 11 is 4.10. The van der Waals surface area contributed by atoms with Crippen molar-refractivity contribution >= 4 is 30.4 Å². The molecule has 1 aliphatic carbocycles. The summed E-state index contributed by atoms with van der Waals surface area (Å²) in [6.07, 6.45) is -12.4. The van der Waals surface area contributed by atoms with E-state index >= 15 is 0 Å². The third-order valence-electron chi connectivity index (χ3n) is 12.6. The lowest BCUT2D eigenvalue weighted by molar-refractivity contribution is -0.374. The molecule has 2 amide bonds. The van der Waals surface area contributed by atoms with E-state index in [2.05, 4.69) is 35.4 Å². The lowest BCUT2D eigenvalue weighted by Gasteiger charge is -2.51. The molecule has 6 rings (SSSR count). The first kappa shape index (κ1) is 52.1. The van der Waals surface area contributed by atoms with Gasteiger partial charge < -0.3 is 76.9 Å². The first-order valence-corrected chi connectivity index (χ1v) is 22.6. The number of hydrogen-bond acceptors (Lipinski definition) is 18. The first-order valence-electron chi connectivity index (χ1n) is 22.0. The van der Waals surface area contributed by atoms with Crippen LogP contribution < -0.4 is 10.6 Å². The van der Waals surface area contributed by atoms with Gasteiger partial charge in [0, 0.05) is 69.2 Å². The molecule has 3 fully saturated rings. The summed E-state index contributed by atoms with van der Waals surface area (Å²) in [4.78, 5) is 38.8. The normalized spacial score (nSPS) is 33.2. The van der Waals surface area contributed by atoms with Gasteiger partial charge in [-0.05, 0) is 29.2 Å². The second kappa shape index (κ2) is 24.8. The molecule has 4 aliphatic rings. The van der Waals surface area contributed by atoms with Gasteiger partial charge in [-0.1, -0.05) is 48.5 Å². The number of esters is 1. The number of carbonyl (C=O) groups excluding carboxylic acids is 3. The van der Waals surface area contributed by atoms with Crippen LogP contribution in [0.4, 0.5) is 0 Å². The molecular weight excluding hydrogens is 885 g/mol. The molecular formula is C46H66N2O17S. The molecule has 3 aliphatic heterocycles. The van der Waals surface area contributed by atoms with Gasteiger partial charge in [-0.15, -0.1) is 0 Å². The van der Waals surface area contributed by atoms with Crippen molar-refractivity contribution in [3.63, 3.8) is 0 Å².